The van der Waals surface area contributed by atoms with Crippen LogP contribution in [0.25, 0.3) is 0 Å². The first kappa shape index (κ1) is 15.9. The van der Waals surface area contributed by atoms with Crippen molar-refractivity contribution >= 4 is 11.6 Å². The molecule has 3 N–H and O–H groups in total. The maximum atomic E-state index is 12.2. The second-order valence-corrected chi connectivity index (χ2v) is 5.74. The molecule has 1 aliphatic rings. The second kappa shape index (κ2) is 8.08. The van der Waals surface area contributed by atoms with Crippen molar-refractivity contribution in [2.45, 2.75) is 58.1 Å². The Balaban J connectivity index is 1.73. The molecular weight excluding hydrogens is 266 g/mol. The highest BCUT2D eigenvalue weighted by Crippen LogP contribution is 2.19. The normalized spacial score (nSPS) is 16.0. The van der Waals surface area contributed by atoms with Gasteiger partial charge in [0.2, 0.25) is 0 Å². The van der Waals surface area contributed by atoms with E-state index in [0.717, 1.165) is 25.8 Å². The van der Waals surface area contributed by atoms with E-state index in [4.69, 9.17) is 10.5 Å². The van der Waals surface area contributed by atoms with Crippen LogP contribution in [0.1, 0.15) is 55.9 Å². The number of amides is 1. The number of aryl methyl sites for hydroxylation is 1. The molecule has 1 fully saturated rings. The molecule has 1 amide bonds. The number of hydrogen-bond acceptors (Lipinski definition) is 3. The van der Waals surface area contributed by atoms with Crippen LogP contribution in [0.5, 0.6) is 0 Å². The molecule has 1 aliphatic carbocycles. The molecule has 0 radical (unpaired) electrons. The van der Waals surface area contributed by atoms with Crippen LogP contribution in [-0.2, 0) is 11.3 Å². The Hall–Kier alpha value is -1.49. The molecule has 0 aromatic carbocycles. The summed E-state index contributed by atoms with van der Waals surface area (Å²) in [4.78, 5) is 12.2. The molecule has 0 aliphatic heterocycles. The summed E-state index contributed by atoms with van der Waals surface area (Å²) < 4.78 is 7.72. The smallest absolute Gasteiger partial charge is 0.268 e. The largest absolute Gasteiger partial charge is 0.397 e. The second-order valence-electron chi connectivity index (χ2n) is 5.74. The summed E-state index contributed by atoms with van der Waals surface area (Å²) in [5.74, 6) is -0.0765. The third-order valence-electron chi connectivity index (χ3n) is 3.91. The molecule has 0 unspecified atom stereocenters. The molecule has 1 heterocycles. The number of anilines is 1. The fourth-order valence-corrected chi connectivity index (χ4v) is 2.86. The van der Waals surface area contributed by atoms with Crippen LogP contribution in [0.15, 0.2) is 12.3 Å². The molecule has 1 aromatic heterocycles. The Bertz CT molecular complexity index is 450. The van der Waals surface area contributed by atoms with E-state index in [1.165, 1.54) is 19.3 Å². The average Bonchev–Trinajstić information content (AvgIpc) is 2.86. The lowest BCUT2D eigenvalue weighted by Crippen LogP contribution is -2.30. The van der Waals surface area contributed by atoms with Crippen molar-refractivity contribution in [3.63, 3.8) is 0 Å². The number of nitrogen functional groups attached to an aromatic ring is 1. The topological polar surface area (TPSA) is 69.3 Å². The van der Waals surface area contributed by atoms with Crippen LogP contribution >= 0.6 is 0 Å². The average molecular weight is 293 g/mol. The van der Waals surface area contributed by atoms with Crippen molar-refractivity contribution in [2.75, 3.05) is 18.9 Å². The maximum Gasteiger partial charge on any atom is 0.268 e. The van der Waals surface area contributed by atoms with E-state index in [2.05, 4.69) is 12.2 Å². The van der Waals surface area contributed by atoms with Gasteiger partial charge in [0.05, 0.1) is 18.4 Å². The highest BCUT2D eigenvalue weighted by molar-refractivity contribution is 5.93. The minimum absolute atomic E-state index is 0.0765. The number of nitrogens with one attached hydrogen (secondary N) is 1. The van der Waals surface area contributed by atoms with Crippen molar-refractivity contribution in [3.05, 3.63) is 18.0 Å². The minimum Gasteiger partial charge on any atom is -0.397 e. The van der Waals surface area contributed by atoms with Crippen LogP contribution < -0.4 is 11.1 Å². The number of nitrogens with zero attached hydrogens (tertiary/aromatic N) is 1. The lowest BCUT2D eigenvalue weighted by molar-refractivity contribution is 0.0299. The predicted molar refractivity (Wildman–Crippen MR) is 84.3 cm³/mol. The first-order valence-electron chi connectivity index (χ1n) is 8.06. The minimum atomic E-state index is -0.0765. The van der Waals surface area contributed by atoms with Gasteiger partial charge in [-0.1, -0.05) is 26.2 Å². The lowest BCUT2D eigenvalue weighted by Gasteiger charge is -2.22. The quantitative estimate of drug-likeness (QED) is 0.759. The number of carbonyl (C=O) groups is 1. The summed E-state index contributed by atoms with van der Waals surface area (Å²) in [6.45, 7) is 4.02. The SMILES string of the molecule is CCCn1cc(N)cc1C(=O)NCCOC1CCCCC1. The number of aromatic nitrogens is 1. The molecular formula is C16H27N3O2. The van der Waals surface area contributed by atoms with E-state index in [-0.39, 0.29) is 5.91 Å². The monoisotopic (exact) mass is 293 g/mol. The van der Waals surface area contributed by atoms with Crippen molar-refractivity contribution in [1.29, 1.82) is 0 Å². The molecule has 21 heavy (non-hydrogen) atoms. The van der Waals surface area contributed by atoms with Crippen LogP contribution in [0.3, 0.4) is 0 Å². The van der Waals surface area contributed by atoms with Crippen LogP contribution in [0.2, 0.25) is 0 Å². The number of rotatable bonds is 7. The van der Waals surface area contributed by atoms with Gasteiger partial charge < -0.3 is 20.4 Å². The molecule has 5 heteroatoms. The molecule has 5 nitrogen and oxygen atoms in total. The first-order valence-corrected chi connectivity index (χ1v) is 8.06. The zero-order chi connectivity index (χ0) is 15.1. The molecule has 0 atom stereocenters. The van der Waals surface area contributed by atoms with Gasteiger partial charge in [0.15, 0.2) is 0 Å². The third kappa shape index (κ3) is 4.77. The Kier molecular flexibility index (Phi) is 6.11. The molecule has 118 valence electrons. The Morgan fingerprint density at radius 3 is 2.90 bits per heavy atom. The highest BCUT2D eigenvalue weighted by atomic mass is 16.5. The van der Waals surface area contributed by atoms with Crippen molar-refractivity contribution in [1.82, 2.24) is 9.88 Å². The fraction of sp³-hybridized carbons (Fsp3) is 0.688. The molecule has 1 saturated carbocycles. The Morgan fingerprint density at radius 1 is 1.43 bits per heavy atom. The Morgan fingerprint density at radius 2 is 2.19 bits per heavy atom. The zero-order valence-electron chi connectivity index (χ0n) is 12.9. The maximum absolute atomic E-state index is 12.2. The van der Waals surface area contributed by atoms with Gasteiger partial charge in [-0.2, -0.15) is 0 Å². The van der Waals surface area contributed by atoms with Gasteiger partial charge in [0, 0.05) is 19.3 Å². The lowest BCUT2D eigenvalue weighted by atomic mass is 9.98. The molecule has 1 aromatic rings. The summed E-state index contributed by atoms with van der Waals surface area (Å²) in [5, 5.41) is 2.91. The summed E-state index contributed by atoms with van der Waals surface area (Å²) >= 11 is 0. The molecule has 2 rings (SSSR count). The van der Waals surface area contributed by atoms with E-state index in [0.29, 0.717) is 30.6 Å². The van der Waals surface area contributed by atoms with Gasteiger partial charge in [0.1, 0.15) is 5.69 Å². The van der Waals surface area contributed by atoms with Gasteiger partial charge >= 0.3 is 0 Å². The Labute approximate surface area is 126 Å². The summed E-state index contributed by atoms with van der Waals surface area (Å²) in [6, 6.07) is 1.73. The molecule has 0 spiro atoms. The van der Waals surface area contributed by atoms with E-state index in [9.17, 15) is 4.79 Å². The van der Waals surface area contributed by atoms with Crippen LogP contribution in [0.4, 0.5) is 5.69 Å². The van der Waals surface area contributed by atoms with E-state index in [1.54, 1.807) is 6.07 Å². The standard InChI is InChI=1S/C16H27N3O2/c1-2-9-19-12-13(17)11-15(19)16(20)18-8-10-21-14-6-4-3-5-7-14/h11-12,14H,2-10,17H2,1H3,(H,18,20). The molecule has 0 bridgehead atoms. The number of carbonyl (C=O) groups excluding carboxylic acids is 1. The third-order valence-corrected chi connectivity index (χ3v) is 3.91. The number of ether oxygens (including phenoxy) is 1. The molecule has 0 saturated heterocycles. The summed E-state index contributed by atoms with van der Waals surface area (Å²) in [7, 11) is 0. The zero-order valence-corrected chi connectivity index (χ0v) is 12.9. The van der Waals surface area contributed by atoms with Crippen molar-refractivity contribution in [3.8, 4) is 0 Å². The van der Waals surface area contributed by atoms with Gasteiger partial charge in [-0.25, -0.2) is 0 Å². The van der Waals surface area contributed by atoms with E-state index in [1.807, 2.05) is 10.8 Å². The van der Waals surface area contributed by atoms with Gasteiger partial charge in [-0.3, -0.25) is 4.79 Å². The summed E-state index contributed by atoms with van der Waals surface area (Å²) in [6.07, 6.45) is 9.34. The number of nitrogens with two attached hydrogens (primary N) is 1. The van der Waals surface area contributed by atoms with E-state index >= 15 is 0 Å². The number of hydrogen-bond donors (Lipinski definition) is 2. The fourth-order valence-electron chi connectivity index (χ4n) is 2.86. The van der Waals surface area contributed by atoms with E-state index < -0.39 is 0 Å². The van der Waals surface area contributed by atoms with Crippen molar-refractivity contribution in [2.24, 2.45) is 0 Å². The van der Waals surface area contributed by atoms with Crippen LogP contribution in [-0.4, -0.2) is 29.7 Å². The highest BCUT2D eigenvalue weighted by Gasteiger charge is 2.14. The summed E-state index contributed by atoms with van der Waals surface area (Å²) in [5.41, 5.74) is 7.04. The predicted octanol–water partition coefficient (Wildman–Crippen LogP) is 2.56. The van der Waals surface area contributed by atoms with Gasteiger partial charge in [0.25, 0.3) is 5.91 Å². The first-order chi connectivity index (χ1) is 10.2. The van der Waals surface area contributed by atoms with Crippen molar-refractivity contribution < 1.29 is 9.53 Å². The van der Waals surface area contributed by atoms with Gasteiger partial charge in [-0.05, 0) is 25.3 Å². The van der Waals surface area contributed by atoms with Crippen LogP contribution in [0, 0.1) is 0 Å². The van der Waals surface area contributed by atoms with Gasteiger partial charge in [-0.15, -0.1) is 0 Å².